The van der Waals surface area contributed by atoms with Gasteiger partial charge in [0.15, 0.2) is 5.78 Å². The number of ketones is 1. The third-order valence-electron chi connectivity index (χ3n) is 2.62. The number of aryl methyl sites for hydroxylation is 2. The Kier molecular flexibility index (Phi) is 4.27. The molecule has 1 heterocycles. The molecule has 4 heteroatoms. The summed E-state index contributed by atoms with van der Waals surface area (Å²) in [6.07, 6.45) is 0. The maximum absolute atomic E-state index is 11.3. The van der Waals surface area contributed by atoms with E-state index in [1.54, 1.807) is 17.8 Å². The second-order valence-corrected chi connectivity index (χ2v) is 5.93. The lowest BCUT2D eigenvalue weighted by Crippen LogP contribution is -1.93. The minimum Gasteiger partial charge on any atom is -0.294 e. The Balaban J connectivity index is 2.28. The number of Topliss-reactive ketones (excluding diaryl/α,β-unsaturated/α-hetero) is 1. The fraction of sp³-hybridized carbons (Fsp3) is 0.200. The van der Waals surface area contributed by atoms with Crippen LogP contribution < -0.4 is 0 Å². The minimum atomic E-state index is -0.0222. The zero-order chi connectivity index (χ0) is 14.0. The van der Waals surface area contributed by atoms with E-state index < -0.39 is 0 Å². The molecule has 0 radical (unpaired) electrons. The molecule has 1 aromatic carbocycles. The van der Waals surface area contributed by atoms with E-state index in [-0.39, 0.29) is 5.78 Å². The molecule has 2 rings (SSSR count). The molecule has 2 nitrogen and oxygen atoms in total. The second kappa shape index (κ2) is 5.76. The predicted molar refractivity (Wildman–Crippen MR) is 79.3 cm³/mol. The Bertz CT molecular complexity index is 620. The monoisotopic (exact) mass is 291 g/mol. The summed E-state index contributed by atoms with van der Waals surface area (Å²) in [4.78, 5) is 16.8. The van der Waals surface area contributed by atoms with E-state index in [0.717, 1.165) is 15.6 Å². The second-order valence-electron chi connectivity index (χ2n) is 4.42. The van der Waals surface area contributed by atoms with Crippen molar-refractivity contribution in [3.63, 3.8) is 0 Å². The summed E-state index contributed by atoms with van der Waals surface area (Å²) in [5.74, 6) is -0.0222. The number of pyridine rings is 1. The topological polar surface area (TPSA) is 30.0 Å². The highest BCUT2D eigenvalue weighted by Gasteiger charge is 2.08. The van der Waals surface area contributed by atoms with E-state index in [4.69, 9.17) is 11.6 Å². The molecule has 0 saturated heterocycles. The molecule has 98 valence electrons. The van der Waals surface area contributed by atoms with Crippen LogP contribution in [0.3, 0.4) is 0 Å². The van der Waals surface area contributed by atoms with Crippen LogP contribution in [0.15, 0.2) is 40.3 Å². The van der Waals surface area contributed by atoms with Crippen LogP contribution in [0.2, 0.25) is 5.02 Å². The van der Waals surface area contributed by atoms with Crippen molar-refractivity contribution in [2.75, 3.05) is 0 Å². The summed E-state index contributed by atoms with van der Waals surface area (Å²) in [5, 5.41) is 1.42. The van der Waals surface area contributed by atoms with Gasteiger partial charge < -0.3 is 0 Å². The number of nitrogens with zero attached hydrogens (tertiary/aromatic N) is 1. The summed E-state index contributed by atoms with van der Waals surface area (Å²) in [6.45, 7) is 5.53. The average molecular weight is 292 g/mol. The molecule has 0 unspecified atom stereocenters. The Morgan fingerprint density at radius 3 is 2.53 bits per heavy atom. The van der Waals surface area contributed by atoms with Crippen LogP contribution in [0.5, 0.6) is 0 Å². The Hall–Kier alpha value is -1.32. The molecule has 1 aromatic heterocycles. The first-order valence-electron chi connectivity index (χ1n) is 5.89. The van der Waals surface area contributed by atoms with Gasteiger partial charge in [0, 0.05) is 16.2 Å². The summed E-state index contributed by atoms with van der Waals surface area (Å²) >= 11 is 7.64. The zero-order valence-corrected chi connectivity index (χ0v) is 12.6. The van der Waals surface area contributed by atoms with Crippen molar-refractivity contribution in [3.8, 4) is 0 Å². The van der Waals surface area contributed by atoms with Gasteiger partial charge in [-0.2, -0.15) is 0 Å². The number of aromatic nitrogens is 1. The molecule has 19 heavy (non-hydrogen) atoms. The number of carbonyl (C=O) groups excluding carboxylic acids is 1. The third kappa shape index (κ3) is 3.58. The van der Waals surface area contributed by atoms with Crippen molar-refractivity contribution >= 4 is 29.1 Å². The van der Waals surface area contributed by atoms with Gasteiger partial charge in [-0.15, -0.1) is 0 Å². The molecule has 2 aromatic rings. The largest absolute Gasteiger partial charge is 0.294 e. The maximum atomic E-state index is 11.3. The van der Waals surface area contributed by atoms with Crippen molar-refractivity contribution in [1.29, 1.82) is 0 Å². The highest BCUT2D eigenvalue weighted by atomic mass is 35.5. The van der Waals surface area contributed by atoms with Crippen molar-refractivity contribution in [1.82, 2.24) is 4.98 Å². The van der Waals surface area contributed by atoms with Crippen LogP contribution in [0, 0.1) is 13.8 Å². The van der Waals surface area contributed by atoms with Crippen LogP contribution in [0.25, 0.3) is 0 Å². The fourth-order valence-corrected chi connectivity index (χ4v) is 3.19. The normalized spacial score (nSPS) is 10.5. The lowest BCUT2D eigenvalue weighted by atomic mass is 10.1. The number of rotatable bonds is 3. The minimum absolute atomic E-state index is 0.0222. The van der Waals surface area contributed by atoms with E-state index in [9.17, 15) is 4.79 Å². The van der Waals surface area contributed by atoms with Crippen LogP contribution in [-0.2, 0) is 0 Å². The van der Waals surface area contributed by atoms with Gasteiger partial charge in [-0.25, -0.2) is 4.98 Å². The Labute approximate surface area is 122 Å². The predicted octanol–water partition coefficient (Wildman–Crippen LogP) is 4.71. The lowest BCUT2D eigenvalue weighted by molar-refractivity contribution is 0.101. The van der Waals surface area contributed by atoms with Crippen molar-refractivity contribution < 1.29 is 4.79 Å². The molecule has 0 aliphatic carbocycles. The average Bonchev–Trinajstić information content (AvgIpc) is 2.26. The highest BCUT2D eigenvalue weighted by Crippen LogP contribution is 2.30. The van der Waals surface area contributed by atoms with Crippen LogP contribution in [-0.4, -0.2) is 10.8 Å². The SMILES string of the molecule is CC(=O)c1ccc(Sc2cc(C)cc(C)n2)cc1Cl. The van der Waals surface area contributed by atoms with Gasteiger partial charge in [0.2, 0.25) is 0 Å². The molecule has 0 fully saturated rings. The van der Waals surface area contributed by atoms with Gasteiger partial charge >= 0.3 is 0 Å². The summed E-state index contributed by atoms with van der Waals surface area (Å²) < 4.78 is 0. The van der Waals surface area contributed by atoms with Crippen molar-refractivity contribution in [2.24, 2.45) is 0 Å². The first kappa shape index (κ1) is 14.1. The molecule has 0 bridgehead atoms. The number of benzene rings is 1. The highest BCUT2D eigenvalue weighted by molar-refractivity contribution is 7.99. The Morgan fingerprint density at radius 1 is 1.21 bits per heavy atom. The zero-order valence-electron chi connectivity index (χ0n) is 11.0. The van der Waals surface area contributed by atoms with E-state index in [2.05, 4.69) is 4.98 Å². The van der Waals surface area contributed by atoms with Crippen LogP contribution in [0.4, 0.5) is 0 Å². The third-order valence-corrected chi connectivity index (χ3v) is 3.84. The molecule has 0 atom stereocenters. The number of hydrogen-bond donors (Lipinski definition) is 0. The van der Waals surface area contributed by atoms with E-state index in [1.165, 1.54) is 12.5 Å². The summed E-state index contributed by atoms with van der Waals surface area (Å²) in [5.41, 5.74) is 2.73. The molecule has 0 spiro atoms. The van der Waals surface area contributed by atoms with Crippen LogP contribution >= 0.6 is 23.4 Å². The summed E-state index contributed by atoms with van der Waals surface area (Å²) in [6, 6.07) is 9.53. The quantitative estimate of drug-likeness (QED) is 0.767. The number of hydrogen-bond acceptors (Lipinski definition) is 3. The molecular formula is C15H14ClNOS. The van der Waals surface area contributed by atoms with Gasteiger partial charge in [-0.05, 0) is 56.7 Å². The number of carbonyl (C=O) groups is 1. The molecule has 0 amide bonds. The molecule has 0 aliphatic heterocycles. The lowest BCUT2D eigenvalue weighted by Gasteiger charge is -2.06. The molecular weight excluding hydrogens is 278 g/mol. The number of halogens is 1. The molecule has 0 N–H and O–H groups in total. The molecule has 0 aliphatic rings. The van der Waals surface area contributed by atoms with Gasteiger partial charge in [-0.1, -0.05) is 23.4 Å². The van der Waals surface area contributed by atoms with E-state index in [1.807, 2.05) is 38.1 Å². The van der Waals surface area contributed by atoms with Gasteiger partial charge in [0.05, 0.1) is 5.02 Å². The van der Waals surface area contributed by atoms with Crippen molar-refractivity contribution in [3.05, 3.63) is 52.2 Å². The summed E-state index contributed by atoms with van der Waals surface area (Å²) in [7, 11) is 0. The smallest absolute Gasteiger partial charge is 0.161 e. The van der Waals surface area contributed by atoms with Crippen LogP contribution in [0.1, 0.15) is 28.5 Å². The molecule has 0 saturated carbocycles. The van der Waals surface area contributed by atoms with E-state index >= 15 is 0 Å². The first-order valence-corrected chi connectivity index (χ1v) is 7.09. The first-order chi connectivity index (χ1) is 8.95. The van der Waals surface area contributed by atoms with E-state index in [0.29, 0.717) is 10.6 Å². The maximum Gasteiger partial charge on any atom is 0.161 e. The standard InChI is InChI=1S/C15H14ClNOS/c1-9-6-10(2)17-15(7-9)19-12-4-5-13(11(3)18)14(16)8-12/h4-8H,1-3H3. The fourth-order valence-electron chi connectivity index (χ4n) is 1.82. The van der Waals surface area contributed by atoms with Gasteiger partial charge in [-0.3, -0.25) is 4.79 Å². The Morgan fingerprint density at radius 2 is 1.95 bits per heavy atom. The van der Waals surface area contributed by atoms with Gasteiger partial charge in [0.25, 0.3) is 0 Å². The van der Waals surface area contributed by atoms with Crippen molar-refractivity contribution in [2.45, 2.75) is 30.7 Å². The van der Waals surface area contributed by atoms with Gasteiger partial charge in [0.1, 0.15) is 5.03 Å².